The van der Waals surface area contributed by atoms with Gasteiger partial charge in [0, 0.05) is 36.9 Å². The summed E-state index contributed by atoms with van der Waals surface area (Å²) in [5.74, 6) is 1.53. The third-order valence-electron chi connectivity index (χ3n) is 8.44. The average molecular weight is 569 g/mol. The molecule has 0 bridgehead atoms. The number of ether oxygens (including phenoxy) is 3. The number of carbonyl (C=O) groups excluding carboxylic acids is 1. The van der Waals surface area contributed by atoms with Gasteiger partial charge in [-0.25, -0.2) is 4.79 Å². The van der Waals surface area contributed by atoms with E-state index in [1.165, 1.54) is 25.7 Å². The number of nitrogens with one attached hydrogen (secondary N) is 1. The van der Waals surface area contributed by atoms with Gasteiger partial charge in [-0.3, -0.25) is 10.2 Å². The topological polar surface area (TPSA) is 60.0 Å². The molecule has 0 radical (unpaired) electrons. The summed E-state index contributed by atoms with van der Waals surface area (Å²) in [5.41, 5.74) is 3.93. The van der Waals surface area contributed by atoms with E-state index in [9.17, 15) is 4.79 Å². The number of methoxy groups -OCH3 is 1. The molecule has 222 valence electrons. The first-order valence-corrected chi connectivity index (χ1v) is 15.5. The van der Waals surface area contributed by atoms with E-state index in [4.69, 9.17) is 14.2 Å². The molecule has 2 aliphatic rings. The molecule has 3 aromatic rings. The number of anilines is 1. The summed E-state index contributed by atoms with van der Waals surface area (Å²) in [5, 5.41) is 2.98. The quantitative estimate of drug-likeness (QED) is 0.157. The Morgan fingerprint density at radius 1 is 0.857 bits per heavy atom. The average Bonchev–Trinajstić information content (AvgIpc) is 3.01. The zero-order chi connectivity index (χ0) is 29.0. The molecular formula is C36H44N2O4. The number of nitrogens with zero attached hydrogens (tertiary/aromatic N) is 1. The lowest BCUT2D eigenvalue weighted by molar-refractivity contribution is 0.0407. The van der Waals surface area contributed by atoms with Gasteiger partial charge in [0.1, 0.15) is 11.9 Å². The van der Waals surface area contributed by atoms with Gasteiger partial charge in [0.25, 0.3) is 0 Å². The van der Waals surface area contributed by atoms with Crippen molar-refractivity contribution < 1.29 is 19.0 Å². The van der Waals surface area contributed by atoms with Gasteiger partial charge in [-0.05, 0) is 49.3 Å². The Morgan fingerprint density at radius 3 is 2.38 bits per heavy atom. The lowest BCUT2D eigenvalue weighted by Crippen LogP contribution is -2.48. The normalized spacial score (nSPS) is 18.8. The molecule has 1 aliphatic heterocycles. The molecule has 3 aromatic carbocycles. The number of piperidine rings is 1. The molecule has 1 aliphatic carbocycles. The number of benzene rings is 3. The van der Waals surface area contributed by atoms with E-state index in [1.54, 1.807) is 7.11 Å². The van der Waals surface area contributed by atoms with Gasteiger partial charge in [-0.1, -0.05) is 98.1 Å². The first kappa shape index (κ1) is 29.9. The van der Waals surface area contributed by atoms with E-state index in [-0.39, 0.29) is 12.2 Å². The smallest absolute Gasteiger partial charge is 0.411 e. The fourth-order valence-corrected chi connectivity index (χ4v) is 6.01. The molecule has 6 nitrogen and oxygen atoms in total. The van der Waals surface area contributed by atoms with Gasteiger partial charge < -0.3 is 14.2 Å². The largest absolute Gasteiger partial charge is 0.496 e. The van der Waals surface area contributed by atoms with Gasteiger partial charge in [0.05, 0.1) is 19.4 Å². The predicted octanol–water partition coefficient (Wildman–Crippen LogP) is 8.10. The van der Waals surface area contributed by atoms with Crippen LogP contribution in [0.2, 0.25) is 0 Å². The van der Waals surface area contributed by atoms with Crippen LogP contribution in [0.5, 0.6) is 5.75 Å². The van der Waals surface area contributed by atoms with E-state index in [0.29, 0.717) is 18.6 Å². The molecule has 0 saturated carbocycles. The molecule has 1 amide bonds. The second kappa shape index (κ2) is 15.6. The summed E-state index contributed by atoms with van der Waals surface area (Å²) < 4.78 is 17.1. The fraction of sp³-hybridized carbons (Fsp3) is 0.417. The third kappa shape index (κ3) is 8.24. The molecule has 1 N–H and O–H groups in total. The van der Waals surface area contributed by atoms with E-state index in [1.807, 2.05) is 72.8 Å². The zero-order valence-corrected chi connectivity index (χ0v) is 24.8. The van der Waals surface area contributed by atoms with E-state index < -0.39 is 0 Å². The maximum atomic E-state index is 12.7. The molecule has 0 spiro atoms. The molecule has 1 heterocycles. The second-order valence-electron chi connectivity index (χ2n) is 11.3. The fourth-order valence-electron chi connectivity index (χ4n) is 6.01. The molecule has 0 unspecified atom stereocenters. The number of rotatable bonds is 14. The molecule has 42 heavy (non-hydrogen) atoms. The van der Waals surface area contributed by atoms with Gasteiger partial charge in [0.15, 0.2) is 0 Å². The minimum absolute atomic E-state index is 0.0437. The number of hydrogen-bond acceptors (Lipinski definition) is 5. The molecule has 1 fully saturated rings. The van der Waals surface area contributed by atoms with Crippen LogP contribution < -0.4 is 10.1 Å². The van der Waals surface area contributed by atoms with Crippen molar-refractivity contribution in [2.75, 3.05) is 32.1 Å². The van der Waals surface area contributed by atoms with Gasteiger partial charge in [-0.15, -0.1) is 0 Å². The Bertz CT molecular complexity index is 1290. The van der Waals surface area contributed by atoms with Crippen LogP contribution in [0.15, 0.2) is 91.0 Å². The molecule has 6 heteroatoms. The number of amides is 1. The minimum atomic E-state index is -0.372. The monoisotopic (exact) mass is 568 g/mol. The molecular weight excluding hydrogens is 524 g/mol. The van der Waals surface area contributed by atoms with Crippen molar-refractivity contribution in [2.24, 2.45) is 5.92 Å². The molecule has 5 rings (SSSR count). The maximum absolute atomic E-state index is 12.7. The van der Waals surface area contributed by atoms with Gasteiger partial charge >= 0.3 is 6.09 Å². The first-order valence-electron chi connectivity index (χ1n) is 15.5. The van der Waals surface area contributed by atoms with Crippen molar-refractivity contribution in [1.82, 2.24) is 4.90 Å². The van der Waals surface area contributed by atoms with Crippen LogP contribution in [0.3, 0.4) is 0 Å². The van der Waals surface area contributed by atoms with Crippen molar-refractivity contribution in [2.45, 2.75) is 63.7 Å². The van der Waals surface area contributed by atoms with Crippen molar-refractivity contribution in [3.05, 3.63) is 96.6 Å². The van der Waals surface area contributed by atoms with Crippen LogP contribution in [0.25, 0.3) is 11.1 Å². The Hall–Kier alpha value is -3.61. The van der Waals surface area contributed by atoms with Crippen LogP contribution >= 0.6 is 0 Å². The highest BCUT2D eigenvalue weighted by atomic mass is 16.6. The second-order valence-corrected chi connectivity index (χ2v) is 11.3. The van der Waals surface area contributed by atoms with Crippen LogP contribution in [0.4, 0.5) is 10.5 Å². The Balaban J connectivity index is 0.947. The molecule has 1 saturated heterocycles. The summed E-state index contributed by atoms with van der Waals surface area (Å²) in [6.07, 6.45) is 12.1. The SMILES string of the molecule is COc1ccccc1COCCCCCC[C@H]1C=C[C@H]1N1CCC(OC(=O)Nc2ccccc2-c2ccccc2)CC1. The van der Waals surface area contributed by atoms with Crippen molar-refractivity contribution in [3.63, 3.8) is 0 Å². The number of hydrogen-bond donors (Lipinski definition) is 1. The lowest BCUT2D eigenvalue weighted by atomic mass is 9.82. The summed E-state index contributed by atoms with van der Waals surface area (Å²) in [7, 11) is 1.70. The number of unbranched alkanes of at least 4 members (excludes halogenated alkanes) is 3. The summed E-state index contributed by atoms with van der Waals surface area (Å²) in [6.45, 7) is 3.33. The lowest BCUT2D eigenvalue weighted by Gasteiger charge is -2.42. The standard InChI is InChI=1S/C36H44N2O4/c1-40-35-19-11-8-16-30(35)27-41-26-12-3-2-5-15-29-20-21-34(29)38-24-22-31(23-25-38)42-36(39)37-33-18-10-9-17-32(33)28-13-6-4-7-14-28/h4,6-11,13-14,16-21,29,31,34H,2-3,5,12,15,22-27H2,1H3,(H,37,39)/t29-,34+/m0/s1. The van der Waals surface area contributed by atoms with E-state index in [2.05, 4.69) is 28.4 Å². The number of carbonyl (C=O) groups is 1. The number of likely N-dealkylation sites (tertiary alicyclic amines) is 1. The first-order chi connectivity index (χ1) is 20.7. The Labute approximate surface area is 250 Å². The van der Waals surface area contributed by atoms with Crippen LogP contribution in [-0.4, -0.2) is 49.9 Å². The summed E-state index contributed by atoms with van der Waals surface area (Å²) in [6, 6.07) is 26.5. The van der Waals surface area contributed by atoms with Crippen LogP contribution in [-0.2, 0) is 16.1 Å². The summed E-state index contributed by atoms with van der Waals surface area (Å²) >= 11 is 0. The van der Waals surface area contributed by atoms with Crippen LogP contribution in [0.1, 0.15) is 50.5 Å². The predicted molar refractivity (Wildman–Crippen MR) is 169 cm³/mol. The minimum Gasteiger partial charge on any atom is -0.496 e. The van der Waals surface area contributed by atoms with Crippen molar-refractivity contribution in [1.29, 1.82) is 0 Å². The molecule has 0 aromatic heterocycles. The highest BCUT2D eigenvalue weighted by molar-refractivity contribution is 5.91. The molecule has 2 atom stereocenters. The number of para-hydroxylation sites is 2. The highest BCUT2D eigenvalue weighted by Gasteiger charge is 2.33. The maximum Gasteiger partial charge on any atom is 0.411 e. The van der Waals surface area contributed by atoms with E-state index >= 15 is 0 Å². The van der Waals surface area contributed by atoms with Crippen molar-refractivity contribution in [3.8, 4) is 16.9 Å². The van der Waals surface area contributed by atoms with E-state index in [0.717, 1.165) is 67.1 Å². The van der Waals surface area contributed by atoms with Crippen LogP contribution in [0, 0.1) is 5.92 Å². The Morgan fingerprint density at radius 2 is 1.60 bits per heavy atom. The zero-order valence-electron chi connectivity index (χ0n) is 24.8. The summed E-state index contributed by atoms with van der Waals surface area (Å²) in [4.78, 5) is 15.3. The third-order valence-corrected chi connectivity index (χ3v) is 8.44. The van der Waals surface area contributed by atoms with Gasteiger partial charge in [0.2, 0.25) is 0 Å². The van der Waals surface area contributed by atoms with Crippen molar-refractivity contribution >= 4 is 11.8 Å². The Kier molecular flexibility index (Phi) is 11.1. The van der Waals surface area contributed by atoms with Gasteiger partial charge in [-0.2, -0.15) is 0 Å². The highest BCUT2D eigenvalue weighted by Crippen LogP contribution is 2.32.